The highest BCUT2D eigenvalue weighted by molar-refractivity contribution is 5.98. The highest BCUT2D eigenvalue weighted by Crippen LogP contribution is 2.31. The van der Waals surface area contributed by atoms with E-state index in [9.17, 15) is 0 Å². The molecule has 0 aliphatic heterocycles. The first-order valence-corrected chi connectivity index (χ1v) is 8.76. The van der Waals surface area contributed by atoms with Crippen molar-refractivity contribution in [3.63, 3.8) is 0 Å². The van der Waals surface area contributed by atoms with Crippen molar-refractivity contribution in [2.45, 2.75) is 0 Å². The van der Waals surface area contributed by atoms with E-state index in [1.54, 1.807) is 0 Å². The van der Waals surface area contributed by atoms with Crippen LogP contribution in [0.3, 0.4) is 0 Å². The maximum absolute atomic E-state index is 4.33. The second kappa shape index (κ2) is 6.85. The van der Waals surface area contributed by atoms with Crippen molar-refractivity contribution in [2.75, 3.05) is 0 Å². The standard InChI is InChI=1S/C26H20/c1-19(21-10-5-3-6-11-21)23-16-17-26-24(18-23)14-9-15-25(26)20(2)22-12-7-4-8-13-22/h3-18H,1-2H2. The minimum absolute atomic E-state index is 1.04. The molecule has 0 radical (unpaired) electrons. The van der Waals surface area contributed by atoms with E-state index in [1.807, 2.05) is 36.4 Å². The normalized spacial score (nSPS) is 10.6. The first kappa shape index (κ1) is 16.1. The molecule has 4 aromatic carbocycles. The zero-order valence-electron chi connectivity index (χ0n) is 14.7. The van der Waals surface area contributed by atoms with Crippen LogP contribution in [0.2, 0.25) is 0 Å². The van der Waals surface area contributed by atoms with Gasteiger partial charge < -0.3 is 0 Å². The van der Waals surface area contributed by atoms with E-state index in [1.165, 1.54) is 16.3 Å². The van der Waals surface area contributed by atoms with Crippen molar-refractivity contribution >= 4 is 21.9 Å². The van der Waals surface area contributed by atoms with Gasteiger partial charge in [0.1, 0.15) is 0 Å². The lowest BCUT2D eigenvalue weighted by Gasteiger charge is -2.12. The molecule has 0 saturated carbocycles. The van der Waals surface area contributed by atoms with Crippen LogP contribution in [0.5, 0.6) is 0 Å². The Morgan fingerprint density at radius 2 is 1.12 bits per heavy atom. The fourth-order valence-corrected chi connectivity index (χ4v) is 3.34. The topological polar surface area (TPSA) is 0 Å². The second-order valence-corrected chi connectivity index (χ2v) is 6.43. The third kappa shape index (κ3) is 2.98. The molecule has 0 heterocycles. The Morgan fingerprint density at radius 1 is 0.500 bits per heavy atom. The molecule has 0 aliphatic carbocycles. The molecule has 0 fully saturated rings. The molecule has 0 heteroatoms. The monoisotopic (exact) mass is 332 g/mol. The molecule has 0 bridgehead atoms. The van der Waals surface area contributed by atoms with E-state index in [4.69, 9.17) is 0 Å². The molecule has 0 saturated heterocycles. The summed E-state index contributed by atoms with van der Waals surface area (Å²) in [7, 11) is 0. The summed E-state index contributed by atoms with van der Waals surface area (Å²) in [6.45, 7) is 8.62. The van der Waals surface area contributed by atoms with Crippen LogP contribution in [-0.4, -0.2) is 0 Å². The molecule has 0 atom stereocenters. The number of fused-ring (bicyclic) bond motifs is 1. The maximum atomic E-state index is 4.33. The third-order valence-electron chi connectivity index (χ3n) is 4.80. The minimum atomic E-state index is 1.04. The third-order valence-corrected chi connectivity index (χ3v) is 4.80. The van der Waals surface area contributed by atoms with Crippen molar-refractivity contribution in [3.8, 4) is 0 Å². The van der Waals surface area contributed by atoms with Crippen LogP contribution in [0.4, 0.5) is 0 Å². The Bertz CT molecular complexity index is 1090. The van der Waals surface area contributed by atoms with Gasteiger partial charge in [-0.1, -0.05) is 104 Å². The summed E-state index contributed by atoms with van der Waals surface area (Å²) >= 11 is 0. The van der Waals surface area contributed by atoms with E-state index < -0.39 is 0 Å². The minimum Gasteiger partial charge on any atom is -0.0906 e. The molecule has 0 aliphatic rings. The van der Waals surface area contributed by atoms with Crippen molar-refractivity contribution in [3.05, 3.63) is 132 Å². The number of hydrogen-bond acceptors (Lipinski definition) is 0. The Balaban J connectivity index is 1.77. The number of rotatable bonds is 4. The van der Waals surface area contributed by atoms with Crippen LogP contribution < -0.4 is 0 Å². The van der Waals surface area contributed by atoms with Crippen LogP contribution in [0.15, 0.2) is 110 Å². The predicted octanol–water partition coefficient (Wildman–Crippen LogP) is 6.96. The first-order chi connectivity index (χ1) is 12.7. The first-order valence-electron chi connectivity index (χ1n) is 8.76. The summed E-state index contributed by atoms with van der Waals surface area (Å²) < 4.78 is 0. The molecule has 0 unspecified atom stereocenters. The lowest BCUT2D eigenvalue weighted by molar-refractivity contribution is 1.56. The Hall–Kier alpha value is -3.38. The molecule has 4 rings (SSSR count). The summed E-state index contributed by atoms with van der Waals surface area (Å²) in [5.41, 5.74) is 6.71. The predicted molar refractivity (Wildman–Crippen MR) is 113 cm³/mol. The average Bonchev–Trinajstić information content (AvgIpc) is 2.73. The average molecular weight is 332 g/mol. The van der Waals surface area contributed by atoms with E-state index in [0.29, 0.717) is 0 Å². The van der Waals surface area contributed by atoms with Crippen LogP contribution in [-0.2, 0) is 0 Å². The molecular weight excluding hydrogens is 312 g/mol. The summed E-state index contributed by atoms with van der Waals surface area (Å²) in [4.78, 5) is 0. The van der Waals surface area contributed by atoms with Gasteiger partial charge in [0.25, 0.3) is 0 Å². The van der Waals surface area contributed by atoms with Crippen molar-refractivity contribution < 1.29 is 0 Å². The van der Waals surface area contributed by atoms with Gasteiger partial charge in [-0.05, 0) is 50.2 Å². The highest BCUT2D eigenvalue weighted by atomic mass is 14.1. The van der Waals surface area contributed by atoms with E-state index in [2.05, 4.69) is 73.8 Å². The van der Waals surface area contributed by atoms with Gasteiger partial charge in [-0.25, -0.2) is 0 Å². The number of hydrogen-bond donors (Lipinski definition) is 0. The van der Waals surface area contributed by atoms with Crippen molar-refractivity contribution in [1.29, 1.82) is 0 Å². The molecule has 0 nitrogen and oxygen atoms in total. The van der Waals surface area contributed by atoms with Gasteiger partial charge in [-0.3, -0.25) is 0 Å². The molecule has 0 amide bonds. The summed E-state index contributed by atoms with van der Waals surface area (Å²) in [6, 6.07) is 33.6. The van der Waals surface area contributed by atoms with E-state index in [0.717, 1.165) is 27.8 Å². The van der Waals surface area contributed by atoms with Crippen LogP contribution in [0.1, 0.15) is 22.3 Å². The highest BCUT2D eigenvalue weighted by Gasteiger charge is 2.09. The molecule has 0 aromatic heterocycles. The summed E-state index contributed by atoms with van der Waals surface area (Å²) in [5.74, 6) is 0. The van der Waals surface area contributed by atoms with Gasteiger partial charge in [0, 0.05) is 0 Å². The fraction of sp³-hybridized carbons (Fsp3) is 0. The molecule has 0 N–H and O–H groups in total. The second-order valence-electron chi connectivity index (χ2n) is 6.43. The number of benzene rings is 4. The molecule has 124 valence electrons. The van der Waals surface area contributed by atoms with Crippen LogP contribution in [0.25, 0.3) is 21.9 Å². The Morgan fingerprint density at radius 3 is 1.77 bits per heavy atom. The van der Waals surface area contributed by atoms with E-state index in [-0.39, 0.29) is 0 Å². The Labute approximate surface area is 154 Å². The lowest BCUT2D eigenvalue weighted by Crippen LogP contribution is -1.90. The van der Waals surface area contributed by atoms with Crippen LogP contribution in [0, 0.1) is 0 Å². The fourth-order valence-electron chi connectivity index (χ4n) is 3.34. The lowest BCUT2D eigenvalue weighted by atomic mass is 9.92. The van der Waals surface area contributed by atoms with Gasteiger partial charge in [0.05, 0.1) is 0 Å². The molecular formula is C26H20. The molecule has 26 heavy (non-hydrogen) atoms. The largest absolute Gasteiger partial charge is 0.0906 e. The summed E-state index contributed by atoms with van der Waals surface area (Å²) in [5, 5.41) is 2.42. The van der Waals surface area contributed by atoms with Gasteiger partial charge in [0.15, 0.2) is 0 Å². The van der Waals surface area contributed by atoms with Gasteiger partial charge >= 0.3 is 0 Å². The molecule has 0 spiro atoms. The van der Waals surface area contributed by atoms with Crippen molar-refractivity contribution in [1.82, 2.24) is 0 Å². The zero-order valence-corrected chi connectivity index (χ0v) is 14.7. The van der Waals surface area contributed by atoms with Crippen molar-refractivity contribution in [2.24, 2.45) is 0 Å². The maximum Gasteiger partial charge on any atom is -0.0105 e. The van der Waals surface area contributed by atoms with Gasteiger partial charge in [-0.15, -0.1) is 0 Å². The van der Waals surface area contributed by atoms with Crippen LogP contribution >= 0.6 is 0 Å². The summed E-state index contributed by atoms with van der Waals surface area (Å²) in [6.07, 6.45) is 0. The zero-order chi connectivity index (χ0) is 17.9. The molecule has 4 aromatic rings. The Kier molecular flexibility index (Phi) is 4.25. The smallest absolute Gasteiger partial charge is 0.0105 e. The van der Waals surface area contributed by atoms with Gasteiger partial charge in [-0.2, -0.15) is 0 Å². The quantitative estimate of drug-likeness (QED) is 0.379. The van der Waals surface area contributed by atoms with Gasteiger partial charge in [0.2, 0.25) is 0 Å². The van der Waals surface area contributed by atoms with E-state index >= 15 is 0 Å². The SMILES string of the molecule is C=C(c1ccccc1)c1ccc2c(C(=C)c3ccccc3)cccc2c1.